The molecule has 0 aliphatic heterocycles. The number of carbonyl (C=O) groups is 1. The summed E-state index contributed by atoms with van der Waals surface area (Å²) < 4.78 is 0. The fourth-order valence-corrected chi connectivity index (χ4v) is 2.90. The fraction of sp³-hybridized carbons (Fsp3) is 0.190. The third kappa shape index (κ3) is 3.26. The molecule has 1 unspecified atom stereocenters. The molecule has 3 aromatic carbocycles. The monoisotopic (exact) mass is 303 g/mol. The van der Waals surface area contributed by atoms with Crippen LogP contribution >= 0.6 is 0 Å². The molecule has 0 saturated heterocycles. The maximum absolute atomic E-state index is 12.5. The third-order valence-electron chi connectivity index (χ3n) is 4.25. The molecular weight excluding hydrogens is 282 g/mol. The first-order chi connectivity index (χ1) is 11.0. The van der Waals surface area contributed by atoms with Crippen LogP contribution in [0.2, 0.25) is 0 Å². The lowest BCUT2D eigenvalue weighted by Crippen LogP contribution is -2.27. The molecule has 2 heteroatoms. The van der Waals surface area contributed by atoms with Crippen molar-refractivity contribution in [2.45, 2.75) is 26.8 Å². The van der Waals surface area contributed by atoms with Crippen molar-refractivity contribution in [2.24, 2.45) is 0 Å². The zero-order chi connectivity index (χ0) is 16.4. The summed E-state index contributed by atoms with van der Waals surface area (Å²) in [7, 11) is 0. The van der Waals surface area contributed by atoms with Gasteiger partial charge in [-0.15, -0.1) is 0 Å². The molecule has 0 aromatic heterocycles. The largest absolute Gasteiger partial charge is 0.346 e. The predicted molar refractivity (Wildman–Crippen MR) is 95.7 cm³/mol. The summed E-state index contributed by atoms with van der Waals surface area (Å²) in [5.74, 6) is -0.0249. The highest BCUT2D eigenvalue weighted by Gasteiger charge is 2.13. The summed E-state index contributed by atoms with van der Waals surface area (Å²) in [4.78, 5) is 12.5. The average molecular weight is 303 g/mol. The first-order valence-electron chi connectivity index (χ1n) is 7.91. The number of benzene rings is 3. The number of fused-ring (bicyclic) bond motifs is 1. The van der Waals surface area contributed by atoms with Gasteiger partial charge in [0.2, 0.25) is 0 Å². The van der Waals surface area contributed by atoms with Gasteiger partial charge in [-0.05, 0) is 54.8 Å². The summed E-state index contributed by atoms with van der Waals surface area (Å²) in [5, 5.41) is 5.50. The molecule has 3 aromatic rings. The van der Waals surface area contributed by atoms with Crippen LogP contribution in [0.5, 0.6) is 0 Å². The van der Waals surface area contributed by atoms with Crippen LogP contribution in [0, 0.1) is 13.8 Å². The molecule has 0 saturated carbocycles. The maximum atomic E-state index is 12.5. The van der Waals surface area contributed by atoms with Crippen molar-refractivity contribution in [1.29, 1.82) is 0 Å². The predicted octanol–water partition coefficient (Wildman–Crippen LogP) is 4.95. The van der Waals surface area contributed by atoms with E-state index in [0.717, 1.165) is 16.7 Å². The van der Waals surface area contributed by atoms with Gasteiger partial charge in [-0.1, -0.05) is 54.1 Å². The first-order valence-corrected chi connectivity index (χ1v) is 7.91. The zero-order valence-corrected chi connectivity index (χ0v) is 13.8. The molecule has 116 valence electrons. The van der Waals surface area contributed by atoms with Gasteiger partial charge in [-0.2, -0.15) is 0 Å². The number of hydrogen-bond acceptors (Lipinski definition) is 1. The van der Waals surface area contributed by atoms with Crippen molar-refractivity contribution in [2.75, 3.05) is 0 Å². The number of carbonyl (C=O) groups excluding carboxylic acids is 1. The molecule has 0 bridgehead atoms. The van der Waals surface area contributed by atoms with Gasteiger partial charge in [-0.3, -0.25) is 4.79 Å². The Morgan fingerprint density at radius 3 is 2.39 bits per heavy atom. The molecule has 1 amide bonds. The quantitative estimate of drug-likeness (QED) is 0.729. The Morgan fingerprint density at radius 1 is 0.913 bits per heavy atom. The second kappa shape index (κ2) is 6.25. The van der Waals surface area contributed by atoms with E-state index in [1.165, 1.54) is 16.3 Å². The van der Waals surface area contributed by atoms with Crippen LogP contribution in [0.4, 0.5) is 0 Å². The van der Waals surface area contributed by atoms with Crippen LogP contribution in [-0.2, 0) is 0 Å². The number of rotatable bonds is 3. The Kier molecular flexibility index (Phi) is 4.16. The minimum Gasteiger partial charge on any atom is -0.346 e. The molecule has 2 nitrogen and oxygen atoms in total. The van der Waals surface area contributed by atoms with Crippen LogP contribution in [-0.4, -0.2) is 5.91 Å². The van der Waals surface area contributed by atoms with E-state index >= 15 is 0 Å². The van der Waals surface area contributed by atoms with E-state index in [1.54, 1.807) is 0 Å². The van der Waals surface area contributed by atoms with Crippen LogP contribution in [0.1, 0.15) is 40.0 Å². The molecule has 0 aliphatic carbocycles. The van der Waals surface area contributed by atoms with E-state index in [9.17, 15) is 4.79 Å². The molecule has 1 N–H and O–H groups in total. The summed E-state index contributed by atoms with van der Waals surface area (Å²) >= 11 is 0. The minimum absolute atomic E-state index is 0.0249. The van der Waals surface area contributed by atoms with Crippen molar-refractivity contribution in [3.05, 3.63) is 82.9 Å². The topological polar surface area (TPSA) is 29.1 Å². The van der Waals surface area contributed by atoms with E-state index in [2.05, 4.69) is 35.6 Å². The molecular formula is C21H21NO. The van der Waals surface area contributed by atoms with Gasteiger partial charge in [0.15, 0.2) is 0 Å². The second-order valence-electron chi connectivity index (χ2n) is 6.12. The van der Waals surface area contributed by atoms with Crippen molar-refractivity contribution < 1.29 is 4.79 Å². The van der Waals surface area contributed by atoms with Gasteiger partial charge in [0.05, 0.1) is 6.04 Å². The number of aryl methyl sites for hydroxylation is 2. The number of nitrogens with one attached hydrogen (secondary N) is 1. The maximum Gasteiger partial charge on any atom is 0.252 e. The standard InChI is InChI=1S/C21H21NO/c1-14-8-11-20(15(2)12-14)21(23)22-16(3)18-10-9-17-6-4-5-7-19(17)13-18/h4-13,16H,1-3H3,(H,22,23). The molecule has 1 atom stereocenters. The van der Waals surface area contributed by atoms with E-state index in [0.29, 0.717) is 0 Å². The Hall–Kier alpha value is -2.61. The van der Waals surface area contributed by atoms with Crippen molar-refractivity contribution in [1.82, 2.24) is 5.32 Å². The lowest BCUT2D eigenvalue weighted by atomic mass is 10.0. The first kappa shape index (κ1) is 15.3. The summed E-state index contributed by atoms with van der Waals surface area (Å²) in [5.41, 5.74) is 4.03. The van der Waals surface area contributed by atoms with E-state index in [-0.39, 0.29) is 11.9 Å². The highest BCUT2D eigenvalue weighted by Crippen LogP contribution is 2.21. The highest BCUT2D eigenvalue weighted by molar-refractivity contribution is 5.96. The van der Waals surface area contributed by atoms with Gasteiger partial charge in [-0.25, -0.2) is 0 Å². The normalized spacial score (nSPS) is 12.1. The van der Waals surface area contributed by atoms with E-state index in [4.69, 9.17) is 0 Å². The Morgan fingerprint density at radius 2 is 1.65 bits per heavy atom. The van der Waals surface area contributed by atoms with Crippen molar-refractivity contribution >= 4 is 16.7 Å². The van der Waals surface area contributed by atoms with E-state index < -0.39 is 0 Å². The van der Waals surface area contributed by atoms with Crippen molar-refractivity contribution in [3.8, 4) is 0 Å². The summed E-state index contributed by atoms with van der Waals surface area (Å²) in [6, 6.07) is 20.5. The molecule has 0 radical (unpaired) electrons. The second-order valence-corrected chi connectivity index (χ2v) is 6.12. The fourth-order valence-electron chi connectivity index (χ4n) is 2.90. The van der Waals surface area contributed by atoms with Crippen LogP contribution in [0.15, 0.2) is 60.7 Å². The smallest absolute Gasteiger partial charge is 0.252 e. The van der Waals surface area contributed by atoms with Gasteiger partial charge in [0, 0.05) is 5.56 Å². The molecule has 0 spiro atoms. The lowest BCUT2D eigenvalue weighted by molar-refractivity contribution is 0.0939. The van der Waals surface area contributed by atoms with Gasteiger partial charge in [0.25, 0.3) is 5.91 Å². The Bertz CT molecular complexity index is 867. The number of hydrogen-bond donors (Lipinski definition) is 1. The van der Waals surface area contributed by atoms with E-state index in [1.807, 2.05) is 51.1 Å². The summed E-state index contributed by atoms with van der Waals surface area (Å²) in [6.07, 6.45) is 0. The molecule has 0 heterocycles. The van der Waals surface area contributed by atoms with Crippen LogP contribution < -0.4 is 5.32 Å². The molecule has 0 aliphatic rings. The molecule has 23 heavy (non-hydrogen) atoms. The van der Waals surface area contributed by atoms with Gasteiger partial charge in [0.1, 0.15) is 0 Å². The van der Waals surface area contributed by atoms with Crippen LogP contribution in [0.25, 0.3) is 10.8 Å². The SMILES string of the molecule is Cc1ccc(C(=O)NC(C)c2ccc3ccccc3c2)c(C)c1. The molecule has 0 fully saturated rings. The highest BCUT2D eigenvalue weighted by atomic mass is 16.1. The average Bonchev–Trinajstić information content (AvgIpc) is 2.54. The Balaban J connectivity index is 1.82. The Labute approximate surface area is 137 Å². The van der Waals surface area contributed by atoms with Crippen molar-refractivity contribution in [3.63, 3.8) is 0 Å². The van der Waals surface area contributed by atoms with Gasteiger partial charge >= 0.3 is 0 Å². The molecule has 3 rings (SSSR count). The third-order valence-corrected chi connectivity index (χ3v) is 4.25. The number of amides is 1. The van der Waals surface area contributed by atoms with Gasteiger partial charge < -0.3 is 5.32 Å². The summed E-state index contributed by atoms with van der Waals surface area (Å²) in [6.45, 7) is 6.03. The lowest BCUT2D eigenvalue weighted by Gasteiger charge is -2.16. The van der Waals surface area contributed by atoms with Crippen LogP contribution in [0.3, 0.4) is 0 Å². The zero-order valence-electron chi connectivity index (χ0n) is 13.8. The minimum atomic E-state index is -0.0344.